The number of nitrogens with zero attached hydrogens (tertiary/aromatic N) is 3. The van der Waals surface area contributed by atoms with E-state index in [1.165, 1.54) is 0 Å². The molecule has 0 N–H and O–H groups in total. The van der Waals surface area contributed by atoms with E-state index in [4.69, 9.17) is 9.47 Å². The van der Waals surface area contributed by atoms with Crippen LogP contribution in [0.25, 0.3) is 0 Å². The first-order valence-corrected chi connectivity index (χ1v) is 7.10. The molecule has 0 fully saturated rings. The van der Waals surface area contributed by atoms with Gasteiger partial charge in [0.15, 0.2) is 5.82 Å². The van der Waals surface area contributed by atoms with E-state index in [0.717, 1.165) is 11.3 Å². The highest BCUT2D eigenvalue weighted by Crippen LogP contribution is 2.19. The molecule has 118 valence electrons. The largest absolute Gasteiger partial charge is 0.497 e. The minimum absolute atomic E-state index is 0.343. The minimum atomic E-state index is -0.354. The lowest BCUT2D eigenvalue weighted by Crippen LogP contribution is -2.14. The fourth-order valence-corrected chi connectivity index (χ4v) is 2.09. The first kappa shape index (κ1) is 15.9. The fraction of sp³-hybridized carbons (Fsp3) is 0.375. The average Bonchev–Trinajstić information content (AvgIpc) is 2.92. The predicted molar refractivity (Wildman–Crippen MR) is 84.6 cm³/mol. The Morgan fingerprint density at radius 3 is 2.50 bits per heavy atom. The van der Waals surface area contributed by atoms with Crippen molar-refractivity contribution in [3.8, 4) is 5.75 Å². The van der Waals surface area contributed by atoms with Gasteiger partial charge in [0.1, 0.15) is 11.3 Å². The molecule has 2 aromatic rings. The molecule has 0 saturated heterocycles. The summed E-state index contributed by atoms with van der Waals surface area (Å²) in [6.07, 6.45) is 1.72. The van der Waals surface area contributed by atoms with Crippen LogP contribution in [0.1, 0.15) is 22.8 Å². The van der Waals surface area contributed by atoms with Crippen molar-refractivity contribution in [2.45, 2.75) is 13.5 Å². The molecule has 6 heteroatoms. The molecule has 0 bridgehead atoms. The molecule has 0 amide bonds. The molecular formula is C16H21N3O3. The van der Waals surface area contributed by atoms with E-state index in [1.807, 2.05) is 38.4 Å². The number of aromatic nitrogens is 2. The van der Waals surface area contributed by atoms with Crippen LogP contribution in [0.2, 0.25) is 0 Å². The molecule has 0 saturated carbocycles. The highest BCUT2D eigenvalue weighted by Gasteiger charge is 2.19. The number of carbonyl (C=O) groups excluding carboxylic acids is 1. The average molecular weight is 303 g/mol. The van der Waals surface area contributed by atoms with Crippen LogP contribution in [0, 0.1) is 0 Å². The highest BCUT2D eigenvalue weighted by atomic mass is 16.5. The molecule has 22 heavy (non-hydrogen) atoms. The third-order valence-corrected chi connectivity index (χ3v) is 3.16. The van der Waals surface area contributed by atoms with Crippen molar-refractivity contribution in [2.24, 2.45) is 0 Å². The number of carbonyl (C=O) groups is 1. The summed E-state index contributed by atoms with van der Waals surface area (Å²) < 4.78 is 12.0. The van der Waals surface area contributed by atoms with E-state index in [-0.39, 0.29) is 5.97 Å². The lowest BCUT2D eigenvalue weighted by molar-refractivity contribution is 0.0527. The van der Waals surface area contributed by atoms with Crippen molar-refractivity contribution < 1.29 is 14.3 Å². The molecule has 0 atom stereocenters. The Labute approximate surface area is 130 Å². The van der Waals surface area contributed by atoms with Crippen LogP contribution in [-0.4, -0.2) is 43.6 Å². The molecule has 1 aromatic heterocycles. The summed E-state index contributed by atoms with van der Waals surface area (Å²) in [6.45, 7) is 2.70. The van der Waals surface area contributed by atoms with Gasteiger partial charge in [-0.3, -0.25) is 4.68 Å². The summed E-state index contributed by atoms with van der Waals surface area (Å²) in [6, 6.07) is 7.75. The van der Waals surface area contributed by atoms with Crippen molar-refractivity contribution in [3.05, 3.63) is 41.6 Å². The summed E-state index contributed by atoms with van der Waals surface area (Å²) in [7, 11) is 5.34. The number of anilines is 1. The van der Waals surface area contributed by atoms with E-state index in [0.29, 0.717) is 24.5 Å². The second-order valence-corrected chi connectivity index (χ2v) is 5.03. The van der Waals surface area contributed by atoms with Crippen LogP contribution in [0.3, 0.4) is 0 Å². The third kappa shape index (κ3) is 3.58. The third-order valence-electron chi connectivity index (χ3n) is 3.16. The summed E-state index contributed by atoms with van der Waals surface area (Å²) in [5, 5.41) is 4.46. The number of ether oxygens (including phenoxy) is 2. The monoisotopic (exact) mass is 303 g/mol. The topological polar surface area (TPSA) is 56.6 Å². The van der Waals surface area contributed by atoms with Gasteiger partial charge in [0, 0.05) is 20.3 Å². The van der Waals surface area contributed by atoms with Gasteiger partial charge in [0.2, 0.25) is 0 Å². The molecule has 1 heterocycles. The van der Waals surface area contributed by atoms with Gasteiger partial charge >= 0.3 is 5.97 Å². The van der Waals surface area contributed by atoms with Gasteiger partial charge in [-0.05, 0) is 24.6 Å². The van der Waals surface area contributed by atoms with Crippen molar-refractivity contribution in [1.29, 1.82) is 0 Å². The second-order valence-electron chi connectivity index (χ2n) is 5.03. The molecule has 0 aliphatic carbocycles. The summed E-state index contributed by atoms with van der Waals surface area (Å²) in [5.74, 6) is 1.06. The predicted octanol–water partition coefficient (Wildman–Crippen LogP) is 2.18. The van der Waals surface area contributed by atoms with E-state index in [1.54, 1.807) is 29.8 Å². The maximum Gasteiger partial charge on any atom is 0.343 e. The van der Waals surface area contributed by atoms with E-state index >= 15 is 0 Å². The maximum absolute atomic E-state index is 12.0. The van der Waals surface area contributed by atoms with Crippen molar-refractivity contribution in [2.75, 3.05) is 32.7 Å². The number of esters is 1. The van der Waals surface area contributed by atoms with Gasteiger partial charge in [-0.15, -0.1) is 0 Å². The van der Waals surface area contributed by atoms with Crippen molar-refractivity contribution in [3.63, 3.8) is 0 Å². The molecular weight excluding hydrogens is 282 g/mol. The number of hydrogen-bond acceptors (Lipinski definition) is 5. The molecule has 0 aliphatic rings. The quantitative estimate of drug-likeness (QED) is 0.766. The Balaban J connectivity index is 2.23. The SMILES string of the molecule is CCOC(=O)c1cn(Cc2ccc(OC)cc2)nc1N(C)C. The normalized spacial score (nSPS) is 10.4. The summed E-state index contributed by atoms with van der Waals surface area (Å²) in [4.78, 5) is 13.8. The number of benzene rings is 1. The van der Waals surface area contributed by atoms with Gasteiger partial charge in [0.05, 0.1) is 20.3 Å². The molecule has 0 aliphatic heterocycles. The fourth-order valence-electron chi connectivity index (χ4n) is 2.09. The lowest BCUT2D eigenvalue weighted by atomic mass is 10.2. The molecule has 6 nitrogen and oxygen atoms in total. The van der Waals surface area contributed by atoms with Crippen LogP contribution >= 0.6 is 0 Å². The van der Waals surface area contributed by atoms with Gasteiger partial charge < -0.3 is 14.4 Å². The van der Waals surface area contributed by atoms with Crippen LogP contribution in [0.5, 0.6) is 5.75 Å². The Morgan fingerprint density at radius 1 is 1.27 bits per heavy atom. The highest BCUT2D eigenvalue weighted by molar-refractivity contribution is 5.94. The zero-order valence-electron chi connectivity index (χ0n) is 13.4. The Kier molecular flexibility index (Phi) is 5.04. The van der Waals surface area contributed by atoms with Crippen LogP contribution in [-0.2, 0) is 11.3 Å². The Hall–Kier alpha value is -2.50. The van der Waals surface area contributed by atoms with E-state index < -0.39 is 0 Å². The maximum atomic E-state index is 12.0. The van der Waals surface area contributed by atoms with Gasteiger partial charge in [0.25, 0.3) is 0 Å². The first-order chi connectivity index (χ1) is 10.5. The van der Waals surface area contributed by atoms with E-state index in [9.17, 15) is 4.79 Å². The minimum Gasteiger partial charge on any atom is -0.497 e. The van der Waals surface area contributed by atoms with Gasteiger partial charge in [-0.2, -0.15) is 5.10 Å². The lowest BCUT2D eigenvalue weighted by Gasteiger charge is -2.10. The Bertz CT molecular complexity index is 633. The Morgan fingerprint density at radius 2 is 1.95 bits per heavy atom. The number of hydrogen-bond donors (Lipinski definition) is 0. The smallest absolute Gasteiger partial charge is 0.343 e. The van der Waals surface area contributed by atoms with Crippen molar-refractivity contribution >= 4 is 11.8 Å². The summed E-state index contributed by atoms with van der Waals surface area (Å²) in [5.41, 5.74) is 1.55. The molecule has 1 aromatic carbocycles. The standard InChI is InChI=1S/C16H21N3O3/c1-5-22-16(20)14-11-19(17-15(14)18(2)3)10-12-6-8-13(21-4)9-7-12/h6-9,11H,5,10H2,1-4H3. The zero-order valence-corrected chi connectivity index (χ0v) is 13.4. The van der Waals surface area contributed by atoms with Crippen LogP contribution < -0.4 is 9.64 Å². The number of methoxy groups -OCH3 is 1. The zero-order chi connectivity index (χ0) is 16.1. The molecule has 0 radical (unpaired) electrons. The number of rotatable bonds is 6. The van der Waals surface area contributed by atoms with E-state index in [2.05, 4.69) is 5.10 Å². The first-order valence-electron chi connectivity index (χ1n) is 7.10. The van der Waals surface area contributed by atoms with Crippen LogP contribution in [0.4, 0.5) is 5.82 Å². The summed E-state index contributed by atoms with van der Waals surface area (Å²) >= 11 is 0. The van der Waals surface area contributed by atoms with Gasteiger partial charge in [-0.25, -0.2) is 4.79 Å². The molecule has 0 unspecified atom stereocenters. The van der Waals surface area contributed by atoms with Crippen molar-refractivity contribution in [1.82, 2.24) is 9.78 Å². The van der Waals surface area contributed by atoms with Gasteiger partial charge in [-0.1, -0.05) is 12.1 Å². The molecule has 0 spiro atoms. The van der Waals surface area contributed by atoms with Crippen LogP contribution in [0.15, 0.2) is 30.5 Å². The molecule has 2 rings (SSSR count). The second kappa shape index (κ2) is 6.98.